The van der Waals surface area contributed by atoms with Crippen LogP contribution in [0.4, 0.5) is 0 Å². The van der Waals surface area contributed by atoms with Crippen LogP contribution in [0, 0.1) is 0 Å². The molecule has 0 unspecified atom stereocenters. The van der Waals surface area contributed by atoms with Crippen LogP contribution in [-0.4, -0.2) is 37.9 Å². The van der Waals surface area contributed by atoms with E-state index in [4.69, 9.17) is 14.0 Å². The Morgan fingerprint density at radius 1 is 1.22 bits per heavy atom. The molecule has 1 aliphatic heterocycles. The zero-order chi connectivity index (χ0) is 17.3. The number of carbonyl (C=O) groups excluding carboxylic acids is 1. The van der Waals surface area contributed by atoms with Crippen LogP contribution in [0.3, 0.4) is 0 Å². The summed E-state index contributed by atoms with van der Waals surface area (Å²) in [4.78, 5) is 12.2. The van der Waals surface area contributed by atoms with Gasteiger partial charge in [-0.15, -0.1) is 0 Å². The first-order chi connectivity index (χ1) is 10.7. The van der Waals surface area contributed by atoms with Gasteiger partial charge in [-0.05, 0) is 51.7 Å². The molecule has 126 valence electrons. The Hall–Kier alpha value is -1.53. The number of hydrogen-bond donors (Lipinski definition) is 1. The molecule has 0 radical (unpaired) electrons. The summed E-state index contributed by atoms with van der Waals surface area (Å²) in [6, 6.07) is 5.42. The van der Waals surface area contributed by atoms with Crippen LogP contribution in [0.2, 0.25) is 0 Å². The summed E-state index contributed by atoms with van der Waals surface area (Å²) >= 11 is 0. The Bertz CT molecular complexity index is 570. The van der Waals surface area contributed by atoms with Gasteiger partial charge in [0, 0.05) is 6.54 Å². The minimum absolute atomic E-state index is 0.135. The standard InChI is InChI=1S/C17H26BNO4/c1-7-10-19-15(20)13-9-8-12(11-14(13)21-6)18-22-16(2,3)17(4,5)23-18/h8-9,11H,7,10H2,1-6H3,(H,19,20). The number of rotatable bonds is 5. The van der Waals surface area contributed by atoms with E-state index in [0.29, 0.717) is 17.9 Å². The van der Waals surface area contributed by atoms with Crippen LogP contribution in [0.15, 0.2) is 18.2 Å². The van der Waals surface area contributed by atoms with Gasteiger partial charge in [-0.3, -0.25) is 4.79 Å². The highest BCUT2D eigenvalue weighted by Gasteiger charge is 2.51. The molecule has 1 amide bonds. The van der Waals surface area contributed by atoms with E-state index in [0.717, 1.165) is 11.9 Å². The van der Waals surface area contributed by atoms with Gasteiger partial charge in [-0.25, -0.2) is 0 Å². The maximum absolute atomic E-state index is 12.2. The van der Waals surface area contributed by atoms with E-state index in [9.17, 15) is 4.79 Å². The molecule has 6 heteroatoms. The van der Waals surface area contributed by atoms with E-state index < -0.39 is 18.3 Å². The molecule has 5 nitrogen and oxygen atoms in total. The van der Waals surface area contributed by atoms with Crippen molar-refractivity contribution in [2.45, 2.75) is 52.2 Å². The molecule has 1 heterocycles. The molecule has 0 saturated carbocycles. The normalized spacial score (nSPS) is 18.8. The molecule has 1 fully saturated rings. The number of hydrogen-bond acceptors (Lipinski definition) is 4. The summed E-state index contributed by atoms with van der Waals surface area (Å²) in [5.41, 5.74) is 0.554. The first-order valence-corrected chi connectivity index (χ1v) is 8.03. The Kier molecular flexibility index (Phi) is 5.06. The van der Waals surface area contributed by atoms with E-state index in [1.165, 1.54) is 0 Å². The number of carbonyl (C=O) groups is 1. The summed E-state index contributed by atoms with van der Waals surface area (Å²) in [5, 5.41) is 2.86. The molecular weight excluding hydrogens is 293 g/mol. The third-order valence-corrected chi connectivity index (χ3v) is 4.53. The third kappa shape index (κ3) is 3.53. The van der Waals surface area contributed by atoms with Gasteiger partial charge in [-0.2, -0.15) is 0 Å². The summed E-state index contributed by atoms with van der Waals surface area (Å²) in [5.74, 6) is 0.384. The molecule has 1 saturated heterocycles. The molecule has 0 spiro atoms. The lowest BCUT2D eigenvalue weighted by molar-refractivity contribution is 0.00578. The fourth-order valence-electron chi connectivity index (χ4n) is 2.35. The lowest BCUT2D eigenvalue weighted by Gasteiger charge is -2.32. The van der Waals surface area contributed by atoms with Crippen LogP contribution in [0.25, 0.3) is 0 Å². The van der Waals surface area contributed by atoms with Crippen molar-refractivity contribution in [3.8, 4) is 5.75 Å². The molecule has 0 aromatic heterocycles. The highest BCUT2D eigenvalue weighted by Crippen LogP contribution is 2.36. The van der Waals surface area contributed by atoms with Crippen molar-refractivity contribution in [1.82, 2.24) is 5.32 Å². The molecule has 1 aromatic rings. The maximum atomic E-state index is 12.2. The van der Waals surface area contributed by atoms with Crippen molar-refractivity contribution in [2.24, 2.45) is 0 Å². The van der Waals surface area contributed by atoms with Crippen LogP contribution in [-0.2, 0) is 9.31 Å². The molecule has 0 bridgehead atoms. The summed E-state index contributed by atoms with van der Waals surface area (Å²) in [6.45, 7) is 10.7. The lowest BCUT2D eigenvalue weighted by atomic mass is 9.78. The van der Waals surface area contributed by atoms with Crippen molar-refractivity contribution in [3.63, 3.8) is 0 Å². The lowest BCUT2D eigenvalue weighted by Crippen LogP contribution is -2.41. The van der Waals surface area contributed by atoms with Crippen molar-refractivity contribution < 1.29 is 18.8 Å². The van der Waals surface area contributed by atoms with Crippen LogP contribution >= 0.6 is 0 Å². The van der Waals surface area contributed by atoms with Gasteiger partial charge >= 0.3 is 7.12 Å². The monoisotopic (exact) mass is 319 g/mol. The fourth-order valence-corrected chi connectivity index (χ4v) is 2.35. The summed E-state index contributed by atoms with van der Waals surface area (Å²) < 4.78 is 17.5. The fraction of sp³-hybridized carbons (Fsp3) is 0.588. The molecule has 2 rings (SSSR count). The van der Waals surface area contributed by atoms with Gasteiger partial charge in [0.15, 0.2) is 0 Å². The molecule has 0 aliphatic carbocycles. The van der Waals surface area contributed by atoms with E-state index in [-0.39, 0.29) is 5.91 Å². The minimum Gasteiger partial charge on any atom is -0.496 e. The van der Waals surface area contributed by atoms with Crippen LogP contribution < -0.4 is 15.5 Å². The molecular formula is C17H26BNO4. The number of nitrogens with one attached hydrogen (secondary N) is 1. The second-order valence-corrected chi connectivity index (χ2v) is 6.80. The number of benzene rings is 1. The number of amides is 1. The van der Waals surface area contributed by atoms with E-state index in [1.807, 2.05) is 46.8 Å². The third-order valence-electron chi connectivity index (χ3n) is 4.53. The first kappa shape index (κ1) is 17.8. The van der Waals surface area contributed by atoms with Crippen molar-refractivity contribution >= 4 is 18.5 Å². The Balaban J connectivity index is 2.25. The largest absolute Gasteiger partial charge is 0.496 e. The van der Waals surface area contributed by atoms with Crippen molar-refractivity contribution in [3.05, 3.63) is 23.8 Å². The van der Waals surface area contributed by atoms with E-state index in [2.05, 4.69) is 5.32 Å². The van der Waals surface area contributed by atoms with Gasteiger partial charge in [0.05, 0.1) is 23.9 Å². The molecule has 1 aliphatic rings. The molecule has 1 aromatic carbocycles. The average Bonchev–Trinajstić information content (AvgIpc) is 2.72. The molecule has 23 heavy (non-hydrogen) atoms. The highest BCUT2D eigenvalue weighted by atomic mass is 16.7. The predicted octanol–water partition coefficient (Wildman–Crippen LogP) is 2.13. The minimum atomic E-state index is -0.471. The molecule has 1 N–H and O–H groups in total. The Labute approximate surface area is 138 Å². The number of methoxy groups -OCH3 is 1. The Morgan fingerprint density at radius 3 is 2.35 bits per heavy atom. The second kappa shape index (κ2) is 6.53. The van der Waals surface area contributed by atoms with E-state index in [1.54, 1.807) is 13.2 Å². The van der Waals surface area contributed by atoms with Crippen LogP contribution in [0.5, 0.6) is 5.75 Å². The van der Waals surface area contributed by atoms with Crippen LogP contribution in [0.1, 0.15) is 51.4 Å². The predicted molar refractivity (Wildman–Crippen MR) is 91.3 cm³/mol. The SMILES string of the molecule is CCCNC(=O)c1ccc(B2OC(C)(C)C(C)(C)O2)cc1OC. The first-order valence-electron chi connectivity index (χ1n) is 8.03. The van der Waals surface area contributed by atoms with E-state index >= 15 is 0 Å². The van der Waals surface area contributed by atoms with Gasteiger partial charge in [-0.1, -0.05) is 13.0 Å². The number of ether oxygens (including phenoxy) is 1. The smallest absolute Gasteiger partial charge is 0.494 e. The molecule has 0 atom stereocenters. The van der Waals surface area contributed by atoms with Crippen molar-refractivity contribution in [1.29, 1.82) is 0 Å². The van der Waals surface area contributed by atoms with Gasteiger partial charge in [0.1, 0.15) is 5.75 Å². The zero-order valence-electron chi connectivity index (χ0n) is 14.9. The van der Waals surface area contributed by atoms with Gasteiger partial charge < -0.3 is 19.4 Å². The summed E-state index contributed by atoms with van der Waals surface area (Å²) in [6.07, 6.45) is 0.889. The van der Waals surface area contributed by atoms with Gasteiger partial charge in [0.25, 0.3) is 5.91 Å². The quantitative estimate of drug-likeness (QED) is 0.845. The second-order valence-electron chi connectivity index (χ2n) is 6.80. The summed E-state index contributed by atoms with van der Waals surface area (Å²) in [7, 11) is 1.08. The zero-order valence-corrected chi connectivity index (χ0v) is 14.9. The average molecular weight is 319 g/mol. The van der Waals surface area contributed by atoms with Crippen molar-refractivity contribution in [2.75, 3.05) is 13.7 Å². The Morgan fingerprint density at radius 2 is 1.83 bits per heavy atom. The highest BCUT2D eigenvalue weighted by molar-refractivity contribution is 6.62. The van der Waals surface area contributed by atoms with Gasteiger partial charge in [0.2, 0.25) is 0 Å². The maximum Gasteiger partial charge on any atom is 0.494 e. The topological polar surface area (TPSA) is 56.8 Å².